The van der Waals surface area contributed by atoms with Crippen molar-refractivity contribution in [1.29, 1.82) is 0 Å². The Hall–Kier alpha value is 0.567. The minimum Gasteiger partial charge on any atom is -0.198 e. The van der Waals surface area contributed by atoms with Gasteiger partial charge in [0.1, 0.15) is 0 Å². The van der Waals surface area contributed by atoms with Crippen molar-refractivity contribution in [3.8, 4) is 0 Å². The lowest BCUT2D eigenvalue weighted by Crippen LogP contribution is -1.54. The van der Waals surface area contributed by atoms with Crippen LogP contribution in [0.15, 0.2) is 0 Å². The molecule has 2 heteroatoms. The molecule has 0 heterocycles. The van der Waals surface area contributed by atoms with Gasteiger partial charge in [0.2, 0.25) is 0 Å². The molecule has 0 aliphatic carbocycles. The van der Waals surface area contributed by atoms with E-state index in [9.17, 15) is 0 Å². The standard InChI is InChI=1S/C2H8SSi/c1-2-3-4/h2H2,1,4H3. The Kier molecular flexibility index (Phi) is 4.07. The van der Waals surface area contributed by atoms with Crippen LogP contribution in [0.25, 0.3) is 0 Å². The molecular weight excluding hydrogens is 84.2 g/mol. The van der Waals surface area contributed by atoms with Crippen LogP contribution in [-0.2, 0) is 0 Å². The highest BCUT2D eigenvalue weighted by Crippen LogP contribution is 1.81. The monoisotopic (exact) mass is 92.0 g/mol. The number of rotatable bonds is 1. The van der Waals surface area contributed by atoms with Gasteiger partial charge >= 0.3 is 0 Å². The molecule has 0 fully saturated rings. The Morgan fingerprint density at radius 1 is 2.00 bits per heavy atom. The molecule has 0 saturated heterocycles. The molecule has 0 nitrogen and oxygen atoms in total. The summed E-state index contributed by atoms with van der Waals surface area (Å²) in [6.45, 7) is 2.18. The van der Waals surface area contributed by atoms with E-state index in [4.69, 9.17) is 0 Å². The van der Waals surface area contributed by atoms with Crippen LogP contribution in [0.2, 0.25) is 0 Å². The lowest BCUT2D eigenvalue weighted by molar-refractivity contribution is 1.54. The Morgan fingerprint density at radius 2 is 2.25 bits per heavy atom. The molecule has 0 atom stereocenters. The van der Waals surface area contributed by atoms with Crippen LogP contribution in [0, 0.1) is 0 Å². The van der Waals surface area contributed by atoms with Crippen molar-refractivity contribution < 1.29 is 0 Å². The molecule has 0 aliphatic rings. The highest BCUT2D eigenvalue weighted by Gasteiger charge is 1.55. The highest BCUT2D eigenvalue weighted by molar-refractivity contribution is 8.19. The van der Waals surface area contributed by atoms with E-state index in [1.165, 1.54) is 15.1 Å². The first-order valence-corrected chi connectivity index (χ1v) is 5.25. The Morgan fingerprint density at radius 3 is 2.25 bits per heavy atom. The van der Waals surface area contributed by atoms with Crippen molar-refractivity contribution in [2.24, 2.45) is 0 Å². The maximum Gasteiger partial charge on any atom is 0.0694 e. The molecule has 26 valence electrons. The topological polar surface area (TPSA) is 0 Å². The second-order valence-electron chi connectivity index (χ2n) is 0.577. The molecule has 0 N–H and O–H groups in total. The summed E-state index contributed by atoms with van der Waals surface area (Å²) >= 11 is 2.00. The first kappa shape index (κ1) is 4.57. The fourth-order valence-corrected chi connectivity index (χ4v) is 0. The molecule has 0 rings (SSSR count). The smallest absolute Gasteiger partial charge is 0.0694 e. The second kappa shape index (κ2) is 3.57. The van der Waals surface area contributed by atoms with Crippen LogP contribution >= 0.6 is 11.2 Å². The predicted octanol–water partition coefficient (Wildman–Crippen LogP) is 0.0199. The highest BCUT2D eigenvalue weighted by atomic mass is 32.4. The molecule has 0 bridgehead atoms. The quantitative estimate of drug-likeness (QED) is 0.411. The third kappa shape index (κ3) is 2.57. The van der Waals surface area contributed by atoms with Gasteiger partial charge < -0.3 is 0 Å². The van der Waals surface area contributed by atoms with Crippen molar-refractivity contribution in [3.63, 3.8) is 0 Å². The van der Waals surface area contributed by atoms with Crippen LogP contribution in [0.5, 0.6) is 0 Å². The Labute approximate surface area is 34.0 Å². The van der Waals surface area contributed by atoms with E-state index in [0.29, 0.717) is 0 Å². The molecule has 0 aromatic heterocycles. The first-order valence-electron chi connectivity index (χ1n) is 1.40. The third-order valence-electron chi connectivity index (χ3n) is 0.289. The van der Waals surface area contributed by atoms with E-state index in [-0.39, 0.29) is 0 Å². The summed E-state index contributed by atoms with van der Waals surface area (Å²) in [6.07, 6.45) is 0. The van der Waals surface area contributed by atoms with Gasteiger partial charge in [-0.15, -0.1) is 0 Å². The molecule has 0 saturated carbocycles. The zero-order valence-corrected chi connectivity index (χ0v) is 5.93. The van der Waals surface area contributed by atoms with E-state index in [0.717, 1.165) is 0 Å². The molecule has 0 aromatic carbocycles. The number of hydrogen-bond acceptors (Lipinski definition) is 1. The van der Waals surface area contributed by atoms with Crippen molar-refractivity contribution in [2.75, 3.05) is 5.75 Å². The minimum absolute atomic E-state index is 1.30. The maximum atomic E-state index is 2.18. The molecule has 0 unspecified atom stereocenters. The zero-order chi connectivity index (χ0) is 3.41. The normalized spacial score (nSPS) is 8.25. The van der Waals surface area contributed by atoms with Crippen LogP contribution in [0.4, 0.5) is 0 Å². The summed E-state index contributed by atoms with van der Waals surface area (Å²) in [7, 11) is 1.31. The lowest BCUT2D eigenvalue weighted by Gasteiger charge is -1.70. The SMILES string of the molecule is CCS[SiH3]. The van der Waals surface area contributed by atoms with Crippen LogP contribution in [0.1, 0.15) is 6.92 Å². The molecule has 4 heavy (non-hydrogen) atoms. The second-order valence-corrected chi connectivity index (χ2v) is 3.46. The third-order valence-corrected chi connectivity index (χ3v) is 2.60. The van der Waals surface area contributed by atoms with E-state index in [1.807, 2.05) is 11.2 Å². The van der Waals surface area contributed by atoms with Crippen molar-refractivity contribution in [2.45, 2.75) is 6.92 Å². The summed E-state index contributed by atoms with van der Waals surface area (Å²) < 4.78 is 0. The van der Waals surface area contributed by atoms with Gasteiger partial charge in [-0.25, -0.2) is 0 Å². The van der Waals surface area contributed by atoms with Gasteiger partial charge in [0.05, 0.1) is 9.39 Å². The number of hydrogen-bond donors (Lipinski definition) is 0. The van der Waals surface area contributed by atoms with Gasteiger partial charge in [0, 0.05) is 0 Å². The molecule has 0 aromatic rings. The van der Waals surface area contributed by atoms with Crippen LogP contribution < -0.4 is 0 Å². The molecule has 0 spiro atoms. The van der Waals surface area contributed by atoms with Crippen molar-refractivity contribution in [1.82, 2.24) is 0 Å². The van der Waals surface area contributed by atoms with E-state index >= 15 is 0 Å². The summed E-state index contributed by atoms with van der Waals surface area (Å²) in [5.74, 6) is 1.30. The summed E-state index contributed by atoms with van der Waals surface area (Å²) in [6, 6.07) is 0. The maximum absolute atomic E-state index is 2.18. The predicted molar refractivity (Wildman–Crippen MR) is 28.1 cm³/mol. The van der Waals surface area contributed by atoms with Gasteiger partial charge in [-0.05, 0) is 5.75 Å². The van der Waals surface area contributed by atoms with Crippen LogP contribution in [0.3, 0.4) is 0 Å². The van der Waals surface area contributed by atoms with Crippen molar-refractivity contribution >= 4 is 20.6 Å². The van der Waals surface area contributed by atoms with Gasteiger partial charge in [-0.1, -0.05) is 6.92 Å². The molecule has 0 amide bonds. The molecule has 0 aliphatic heterocycles. The molecular formula is C2H8SSi. The lowest BCUT2D eigenvalue weighted by atomic mass is 11.0. The average Bonchev–Trinajstić information content (AvgIpc) is 1.37. The minimum atomic E-state index is 1.30. The van der Waals surface area contributed by atoms with E-state index in [2.05, 4.69) is 6.92 Å². The summed E-state index contributed by atoms with van der Waals surface area (Å²) in [5.41, 5.74) is 0. The summed E-state index contributed by atoms with van der Waals surface area (Å²) in [4.78, 5) is 0. The van der Waals surface area contributed by atoms with Crippen LogP contribution in [-0.4, -0.2) is 15.1 Å². The Bertz CT molecular complexity index is 8.00. The Balaban J connectivity index is 1.97. The zero-order valence-electron chi connectivity index (χ0n) is 3.12. The average molecular weight is 92.2 g/mol. The summed E-state index contributed by atoms with van der Waals surface area (Å²) in [5, 5.41) is 0. The molecule has 0 radical (unpaired) electrons. The van der Waals surface area contributed by atoms with E-state index < -0.39 is 0 Å². The van der Waals surface area contributed by atoms with Crippen molar-refractivity contribution in [3.05, 3.63) is 0 Å². The fraction of sp³-hybridized carbons (Fsp3) is 1.00. The first-order chi connectivity index (χ1) is 1.91. The largest absolute Gasteiger partial charge is 0.198 e. The fourth-order valence-electron chi connectivity index (χ4n) is 0. The van der Waals surface area contributed by atoms with E-state index in [1.54, 1.807) is 0 Å². The van der Waals surface area contributed by atoms with Gasteiger partial charge in [-0.2, -0.15) is 11.2 Å². The van der Waals surface area contributed by atoms with Gasteiger partial charge in [0.25, 0.3) is 0 Å². The van der Waals surface area contributed by atoms with Gasteiger partial charge in [0.15, 0.2) is 0 Å². The van der Waals surface area contributed by atoms with Gasteiger partial charge in [-0.3, -0.25) is 0 Å².